The molecule has 0 saturated carbocycles. The molecule has 40 heavy (non-hydrogen) atoms. The summed E-state index contributed by atoms with van der Waals surface area (Å²) in [7, 11) is 2.58. The molecule has 0 aromatic heterocycles. The molecule has 2 amide bonds. The summed E-state index contributed by atoms with van der Waals surface area (Å²) in [5.74, 6) is -1.93. The summed E-state index contributed by atoms with van der Waals surface area (Å²) < 4.78 is 9.85. The lowest BCUT2D eigenvalue weighted by Crippen LogP contribution is -2.43. The van der Waals surface area contributed by atoms with Gasteiger partial charge in [-0.15, -0.1) is 0 Å². The van der Waals surface area contributed by atoms with Gasteiger partial charge in [0.15, 0.2) is 0 Å². The molecule has 2 N–H and O–H groups in total. The Morgan fingerprint density at radius 2 is 1.60 bits per heavy atom. The zero-order valence-electron chi connectivity index (χ0n) is 23.0. The predicted molar refractivity (Wildman–Crippen MR) is 154 cm³/mol. The van der Waals surface area contributed by atoms with Crippen LogP contribution in [0.4, 0.5) is 5.69 Å². The molecule has 0 spiro atoms. The maximum atomic E-state index is 13.1. The number of nitrogens with one attached hydrogen (secondary N) is 2. The number of anilines is 1. The molecule has 1 aliphatic rings. The molecule has 10 heteroatoms. The van der Waals surface area contributed by atoms with Crippen LogP contribution in [0.25, 0.3) is 0 Å². The van der Waals surface area contributed by atoms with Gasteiger partial charge in [0.05, 0.1) is 29.8 Å². The highest BCUT2D eigenvalue weighted by molar-refractivity contribution is 6.40. The Bertz CT molecular complexity index is 1360. The van der Waals surface area contributed by atoms with Crippen molar-refractivity contribution in [3.8, 4) is 0 Å². The van der Waals surface area contributed by atoms with Crippen LogP contribution >= 0.6 is 23.2 Å². The quantitative estimate of drug-likeness (QED) is 0.304. The lowest BCUT2D eigenvalue weighted by molar-refractivity contribution is -0.144. The van der Waals surface area contributed by atoms with Crippen molar-refractivity contribution in [2.24, 2.45) is 5.41 Å². The van der Waals surface area contributed by atoms with E-state index in [9.17, 15) is 19.2 Å². The number of ether oxygens (including phenoxy) is 2. The van der Waals surface area contributed by atoms with Crippen LogP contribution in [0.5, 0.6) is 0 Å². The summed E-state index contributed by atoms with van der Waals surface area (Å²) in [6.07, 6.45) is 3.13. The molecule has 0 unspecified atom stereocenters. The van der Waals surface area contributed by atoms with Crippen molar-refractivity contribution in [1.29, 1.82) is 0 Å². The Morgan fingerprint density at radius 3 is 2.17 bits per heavy atom. The number of methoxy groups -OCH3 is 2. The maximum absolute atomic E-state index is 13.1. The molecule has 2 aromatic rings. The van der Waals surface area contributed by atoms with Gasteiger partial charge < -0.3 is 20.1 Å². The van der Waals surface area contributed by atoms with Gasteiger partial charge in [-0.1, -0.05) is 55.2 Å². The topological polar surface area (TPSA) is 111 Å². The molecule has 0 heterocycles. The van der Waals surface area contributed by atoms with Crippen LogP contribution < -0.4 is 10.6 Å². The van der Waals surface area contributed by atoms with E-state index in [1.807, 2.05) is 13.8 Å². The van der Waals surface area contributed by atoms with E-state index in [1.54, 1.807) is 55.5 Å². The molecule has 212 valence electrons. The molecule has 0 saturated heterocycles. The highest BCUT2D eigenvalue weighted by atomic mass is 35.5. The first-order valence-corrected chi connectivity index (χ1v) is 13.4. The van der Waals surface area contributed by atoms with Crippen LogP contribution in [0.15, 0.2) is 65.3 Å². The number of carbonyl (C=O) groups excluding carboxylic acids is 4. The van der Waals surface area contributed by atoms with Gasteiger partial charge in [0, 0.05) is 23.3 Å². The predicted octanol–water partition coefficient (Wildman–Crippen LogP) is 5.68. The van der Waals surface area contributed by atoms with Gasteiger partial charge in [-0.2, -0.15) is 0 Å². The fourth-order valence-corrected chi connectivity index (χ4v) is 4.95. The molecular formula is C30H32Cl2N2O6. The SMILES string of the molecule is COC(=O)C1=C/C(=C(\C)C(=O)N[C@@H](Cc2ccc(NC(=O)c3c(Cl)cccc3Cl)cc2)C(=O)OC)CCC1(C)C. The van der Waals surface area contributed by atoms with Gasteiger partial charge in [0.25, 0.3) is 5.91 Å². The Balaban J connectivity index is 1.75. The smallest absolute Gasteiger partial charge is 0.334 e. The zero-order chi connectivity index (χ0) is 29.6. The standard InChI is InChI=1S/C30H32Cl2N2O6/c1-17(19-13-14-30(2,3)21(16-19)28(37)39-4)26(35)34-24(29(38)40-5)15-18-9-11-20(12-10-18)33-27(36)25-22(31)7-6-8-23(25)32/h6-12,16,24H,13-15H2,1-5H3,(H,33,36)(H,34,35)/b19-17+/t24-/m0/s1. The third-order valence-electron chi connectivity index (χ3n) is 6.93. The molecule has 1 aliphatic carbocycles. The van der Waals surface area contributed by atoms with E-state index in [-0.39, 0.29) is 27.4 Å². The summed E-state index contributed by atoms with van der Waals surface area (Å²) in [6, 6.07) is 10.6. The minimum atomic E-state index is -0.959. The van der Waals surface area contributed by atoms with Crippen LogP contribution in [-0.4, -0.2) is 44.0 Å². The summed E-state index contributed by atoms with van der Waals surface area (Å²) in [4.78, 5) is 50.6. The highest BCUT2D eigenvalue weighted by Crippen LogP contribution is 2.40. The monoisotopic (exact) mass is 586 g/mol. The number of hydrogen-bond donors (Lipinski definition) is 2. The summed E-state index contributed by atoms with van der Waals surface area (Å²) >= 11 is 12.2. The number of amides is 2. The number of allylic oxidation sites excluding steroid dienone is 2. The molecule has 1 atom stereocenters. The van der Waals surface area contributed by atoms with Crippen LogP contribution in [-0.2, 0) is 30.3 Å². The molecule has 0 bridgehead atoms. The largest absolute Gasteiger partial charge is 0.467 e. The minimum absolute atomic E-state index is 0.155. The molecule has 0 aliphatic heterocycles. The molecule has 8 nitrogen and oxygen atoms in total. The van der Waals surface area contributed by atoms with Crippen LogP contribution in [0, 0.1) is 5.41 Å². The average Bonchev–Trinajstić information content (AvgIpc) is 2.92. The zero-order valence-corrected chi connectivity index (χ0v) is 24.5. The molecule has 0 fully saturated rings. The first-order valence-electron chi connectivity index (χ1n) is 12.6. The number of esters is 2. The average molecular weight is 588 g/mol. The minimum Gasteiger partial charge on any atom is -0.467 e. The van der Waals surface area contributed by atoms with Gasteiger partial charge in [0.2, 0.25) is 5.91 Å². The van der Waals surface area contributed by atoms with Crippen molar-refractivity contribution in [2.75, 3.05) is 19.5 Å². The lowest BCUT2D eigenvalue weighted by Gasteiger charge is -2.31. The number of halogens is 2. The highest BCUT2D eigenvalue weighted by Gasteiger charge is 2.34. The Labute approximate surface area is 243 Å². The number of rotatable bonds is 8. The Kier molecular flexibility index (Phi) is 10.2. The normalized spacial score (nSPS) is 16.2. The summed E-state index contributed by atoms with van der Waals surface area (Å²) in [5.41, 5.74) is 2.62. The van der Waals surface area contributed by atoms with Crippen molar-refractivity contribution < 1.29 is 28.7 Å². The van der Waals surface area contributed by atoms with Crippen molar-refractivity contribution >= 4 is 52.6 Å². The Morgan fingerprint density at radius 1 is 0.975 bits per heavy atom. The van der Waals surface area contributed by atoms with E-state index in [0.717, 1.165) is 5.56 Å². The van der Waals surface area contributed by atoms with Crippen LogP contribution in [0.1, 0.15) is 49.5 Å². The summed E-state index contributed by atoms with van der Waals surface area (Å²) in [5, 5.41) is 5.97. The fraction of sp³-hybridized carbons (Fsp3) is 0.333. The van der Waals surface area contributed by atoms with E-state index in [2.05, 4.69) is 10.6 Å². The molecular weight excluding hydrogens is 555 g/mol. The number of carbonyl (C=O) groups is 4. The van der Waals surface area contributed by atoms with Gasteiger partial charge in [-0.05, 0) is 66.7 Å². The van der Waals surface area contributed by atoms with Crippen LogP contribution in [0.3, 0.4) is 0 Å². The van der Waals surface area contributed by atoms with E-state index in [1.165, 1.54) is 14.2 Å². The fourth-order valence-electron chi connectivity index (χ4n) is 4.38. The molecule has 0 radical (unpaired) electrons. The second-order valence-corrected chi connectivity index (χ2v) is 10.9. The lowest BCUT2D eigenvalue weighted by atomic mass is 9.73. The van der Waals surface area contributed by atoms with Crippen molar-refractivity contribution in [3.63, 3.8) is 0 Å². The van der Waals surface area contributed by atoms with E-state index in [0.29, 0.717) is 35.2 Å². The van der Waals surface area contributed by atoms with Crippen molar-refractivity contribution in [1.82, 2.24) is 5.32 Å². The van der Waals surface area contributed by atoms with Gasteiger partial charge in [-0.25, -0.2) is 9.59 Å². The van der Waals surface area contributed by atoms with Crippen LogP contribution in [0.2, 0.25) is 10.0 Å². The van der Waals surface area contributed by atoms with E-state index < -0.39 is 29.8 Å². The third-order valence-corrected chi connectivity index (χ3v) is 7.56. The molecule has 3 rings (SSSR count). The summed E-state index contributed by atoms with van der Waals surface area (Å²) in [6.45, 7) is 5.57. The maximum Gasteiger partial charge on any atom is 0.334 e. The van der Waals surface area contributed by atoms with Gasteiger partial charge in [0.1, 0.15) is 6.04 Å². The Hall–Kier alpha value is -3.62. The van der Waals surface area contributed by atoms with Crippen molar-refractivity contribution in [2.45, 2.75) is 46.1 Å². The third kappa shape index (κ3) is 7.31. The number of benzene rings is 2. The second kappa shape index (κ2) is 13.2. The first-order chi connectivity index (χ1) is 18.9. The second-order valence-electron chi connectivity index (χ2n) is 10.1. The first kappa shape index (κ1) is 30.9. The van der Waals surface area contributed by atoms with Gasteiger partial charge >= 0.3 is 11.9 Å². The van der Waals surface area contributed by atoms with Crippen molar-refractivity contribution in [3.05, 3.63) is 86.4 Å². The van der Waals surface area contributed by atoms with E-state index >= 15 is 0 Å². The van der Waals surface area contributed by atoms with Gasteiger partial charge in [-0.3, -0.25) is 9.59 Å². The van der Waals surface area contributed by atoms with E-state index in [4.69, 9.17) is 32.7 Å². The molecule has 2 aromatic carbocycles. The number of hydrogen-bond acceptors (Lipinski definition) is 6.